The molecule has 1 N–H and O–H groups in total. The summed E-state index contributed by atoms with van der Waals surface area (Å²) in [6.45, 7) is 2.37. The van der Waals surface area contributed by atoms with Gasteiger partial charge in [-0.05, 0) is 55.5 Å². The molecule has 5 heteroatoms. The monoisotopic (exact) mass is 428 g/mol. The fourth-order valence-electron chi connectivity index (χ4n) is 3.93. The fourth-order valence-corrected chi connectivity index (χ4v) is 3.93. The van der Waals surface area contributed by atoms with Crippen LogP contribution in [-0.2, 0) is 22.4 Å². The highest BCUT2D eigenvalue weighted by molar-refractivity contribution is 6.01. The van der Waals surface area contributed by atoms with Gasteiger partial charge in [-0.2, -0.15) is 0 Å². The topological polar surface area (TPSA) is 58.6 Å². The van der Waals surface area contributed by atoms with Gasteiger partial charge in [-0.1, -0.05) is 60.7 Å². The molecule has 0 saturated carbocycles. The van der Waals surface area contributed by atoms with E-state index in [2.05, 4.69) is 17.4 Å². The van der Waals surface area contributed by atoms with Crippen molar-refractivity contribution in [2.75, 3.05) is 16.8 Å². The zero-order valence-corrected chi connectivity index (χ0v) is 18.3. The van der Waals surface area contributed by atoms with Crippen LogP contribution in [0.15, 0.2) is 78.9 Å². The van der Waals surface area contributed by atoms with Gasteiger partial charge in [0.2, 0.25) is 5.91 Å². The summed E-state index contributed by atoms with van der Waals surface area (Å²) < 4.78 is 5.80. The van der Waals surface area contributed by atoms with Gasteiger partial charge < -0.3 is 15.0 Å². The van der Waals surface area contributed by atoms with E-state index in [1.165, 1.54) is 5.56 Å². The molecule has 5 nitrogen and oxygen atoms in total. The number of fused-ring (bicyclic) bond motifs is 1. The number of carbonyl (C=O) groups excluding carboxylic acids is 2. The van der Waals surface area contributed by atoms with E-state index in [9.17, 15) is 9.59 Å². The average Bonchev–Trinajstić information content (AvgIpc) is 2.82. The van der Waals surface area contributed by atoms with E-state index in [0.29, 0.717) is 36.5 Å². The first kappa shape index (κ1) is 21.6. The Kier molecular flexibility index (Phi) is 6.85. The average molecular weight is 429 g/mol. The van der Waals surface area contributed by atoms with Crippen molar-refractivity contribution < 1.29 is 14.3 Å². The molecule has 0 aliphatic carbocycles. The third kappa shape index (κ3) is 5.35. The summed E-state index contributed by atoms with van der Waals surface area (Å²) in [4.78, 5) is 27.1. The number of benzene rings is 3. The van der Waals surface area contributed by atoms with Crippen LogP contribution in [0.2, 0.25) is 0 Å². The zero-order chi connectivity index (χ0) is 22.3. The van der Waals surface area contributed by atoms with Crippen LogP contribution in [0.25, 0.3) is 0 Å². The maximum absolute atomic E-state index is 12.8. The van der Waals surface area contributed by atoms with Crippen molar-refractivity contribution in [1.82, 2.24) is 0 Å². The first-order chi connectivity index (χ1) is 15.6. The van der Waals surface area contributed by atoms with E-state index >= 15 is 0 Å². The lowest BCUT2D eigenvalue weighted by atomic mass is 10.1. The van der Waals surface area contributed by atoms with Crippen molar-refractivity contribution in [3.63, 3.8) is 0 Å². The number of ether oxygens (including phenoxy) is 1. The number of rotatable bonds is 8. The number of aryl methyl sites for hydroxylation is 2. The van der Waals surface area contributed by atoms with Gasteiger partial charge in [0.25, 0.3) is 5.91 Å². The van der Waals surface area contributed by atoms with Gasteiger partial charge in [0.05, 0.1) is 5.69 Å². The van der Waals surface area contributed by atoms with Gasteiger partial charge >= 0.3 is 0 Å². The van der Waals surface area contributed by atoms with Crippen molar-refractivity contribution in [2.24, 2.45) is 0 Å². The first-order valence-corrected chi connectivity index (χ1v) is 11.1. The Morgan fingerprint density at radius 3 is 2.28 bits per heavy atom. The third-order valence-electron chi connectivity index (χ3n) is 5.62. The van der Waals surface area contributed by atoms with E-state index < -0.39 is 6.10 Å². The molecule has 1 aliphatic rings. The summed E-state index contributed by atoms with van der Waals surface area (Å²) in [5.74, 6) is 0.554. The molecule has 0 fully saturated rings. The molecule has 1 atom stereocenters. The number of hydrogen-bond acceptors (Lipinski definition) is 3. The Bertz CT molecular complexity index is 1070. The van der Waals surface area contributed by atoms with Crippen LogP contribution < -0.4 is 15.0 Å². The van der Waals surface area contributed by atoms with Gasteiger partial charge in [0.15, 0.2) is 6.10 Å². The minimum absolute atomic E-state index is 0.0548. The van der Waals surface area contributed by atoms with Crippen LogP contribution in [0.5, 0.6) is 5.75 Å². The molecule has 164 valence electrons. The smallest absolute Gasteiger partial charge is 0.267 e. The van der Waals surface area contributed by atoms with Crippen molar-refractivity contribution in [3.8, 4) is 5.75 Å². The highest BCUT2D eigenvalue weighted by atomic mass is 16.5. The van der Waals surface area contributed by atoms with Crippen molar-refractivity contribution in [1.29, 1.82) is 0 Å². The van der Waals surface area contributed by atoms with Crippen LogP contribution >= 0.6 is 0 Å². The van der Waals surface area contributed by atoms with Gasteiger partial charge in [-0.3, -0.25) is 9.59 Å². The quantitative estimate of drug-likeness (QED) is 0.549. The summed E-state index contributed by atoms with van der Waals surface area (Å²) in [6.07, 6.45) is 2.29. The largest absolute Gasteiger partial charge is 0.479 e. The number of anilines is 2. The number of hydrogen-bond donors (Lipinski definition) is 1. The molecule has 1 aliphatic heterocycles. The molecule has 4 rings (SSSR count). The summed E-state index contributed by atoms with van der Waals surface area (Å²) in [5, 5.41) is 2.96. The third-order valence-corrected chi connectivity index (χ3v) is 5.62. The van der Waals surface area contributed by atoms with Crippen LogP contribution in [-0.4, -0.2) is 24.5 Å². The normalized spacial score (nSPS) is 15.1. The predicted octanol–water partition coefficient (Wildman–Crippen LogP) is 5.00. The van der Waals surface area contributed by atoms with E-state index in [0.717, 1.165) is 18.4 Å². The lowest BCUT2D eigenvalue weighted by Gasteiger charge is -2.33. The minimum Gasteiger partial charge on any atom is -0.479 e. The Balaban J connectivity index is 1.42. The van der Waals surface area contributed by atoms with E-state index in [1.807, 2.05) is 66.7 Å². The Morgan fingerprint density at radius 2 is 1.59 bits per heavy atom. The van der Waals surface area contributed by atoms with Crippen LogP contribution in [0, 0.1) is 0 Å². The number of carbonyl (C=O) groups is 2. The second-order valence-electron chi connectivity index (χ2n) is 8.06. The van der Waals surface area contributed by atoms with Gasteiger partial charge in [0, 0.05) is 18.7 Å². The fraction of sp³-hybridized carbons (Fsp3) is 0.259. The van der Waals surface area contributed by atoms with Crippen molar-refractivity contribution in [2.45, 2.75) is 38.7 Å². The Hall–Kier alpha value is -3.60. The van der Waals surface area contributed by atoms with E-state index in [4.69, 9.17) is 4.74 Å². The molecule has 0 saturated heterocycles. The SMILES string of the molecule is CC1Oc2ccc(NC(=O)CCc3ccccc3)cc2N(CCCc2ccccc2)C1=O. The standard InChI is InChI=1S/C27H28N2O3/c1-20-27(31)29(18-8-13-21-9-4-2-5-10-21)24-19-23(15-16-25(24)32-20)28-26(30)17-14-22-11-6-3-7-12-22/h2-7,9-12,15-16,19-20H,8,13-14,17-18H2,1H3,(H,28,30). The first-order valence-electron chi connectivity index (χ1n) is 11.1. The molecule has 1 heterocycles. The van der Waals surface area contributed by atoms with Crippen molar-refractivity contribution >= 4 is 23.2 Å². The van der Waals surface area contributed by atoms with E-state index in [-0.39, 0.29) is 11.8 Å². The molecule has 0 radical (unpaired) electrons. The second-order valence-corrected chi connectivity index (χ2v) is 8.06. The maximum atomic E-state index is 12.8. The van der Waals surface area contributed by atoms with Gasteiger partial charge in [0.1, 0.15) is 5.75 Å². The van der Waals surface area contributed by atoms with Gasteiger partial charge in [-0.25, -0.2) is 0 Å². The summed E-state index contributed by atoms with van der Waals surface area (Å²) in [7, 11) is 0. The molecule has 2 amide bonds. The van der Waals surface area contributed by atoms with Crippen molar-refractivity contribution in [3.05, 3.63) is 90.0 Å². The molecular formula is C27H28N2O3. The maximum Gasteiger partial charge on any atom is 0.267 e. The number of amides is 2. The summed E-state index contributed by atoms with van der Waals surface area (Å²) in [5.41, 5.74) is 3.76. The second kappa shape index (κ2) is 10.1. The van der Waals surface area contributed by atoms with Crippen LogP contribution in [0.1, 0.15) is 30.9 Å². The highest BCUT2D eigenvalue weighted by Gasteiger charge is 2.31. The molecule has 3 aromatic carbocycles. The molecule has 1 unspecified atom stereocenters. The van der Waals surface area contributed by atoms with Crippen LogP contribution in [0.4, 0.5) is 11.4 Å². The van der Waals surface area contributed by atoms with Gasteiger partial charge in [-0.15, -0.1) is 0 Å². The predicted molar refractivity (Wildman–Crippen MR) is 127 cm³/mol. The Labute approximate surface area is 189 Å². The summed E-state index contributed by atoms with van der Waals surface area (Å²) >= 11 is 0. The molecule has 0 spiro atoms. The molecule has 3 aromatic rings. The number of nitrogens with zero attached hydrogens (tertiary/aromatic N) is 1. The lowest BCUT2D eigenvalue weighted by molar-refractivity contribution is -0.125. The van der Waals surface area contributed by atoms with Crippen LogP contribution in [0.3, 0.4) is 0 Å². The molecule has 0 aromatic heterocycles. The Morgan fingerprint density at radius 1 is 0.938 bits per heavy atom. The minimum atomic E-state index is -0.523. The highest BCUT2D eigenvalue weighted by Crippen LogP contribution is 2.36. The molecule has 0 bridgehead atoms. The zero-order valence-electron chi connectivity index (χ0n) is 18.3. The molecule has 32 heavy (non-hydrogen) atoms. The lowest BCUT2D eigenvalue weighted by Crippen LogP contribution is -2.45. The molecular weight excluding hydrogens is 400 g/mol. The number of nitrogens with one attached hydrogen (secondary N) is 1. The van der Waals surface area contributed by atoms with E-state index in [1.54, 1.807) is 11.8 Å². The summed E-state index contributed by atoms with van der Waals surface area (Å²) in [6, 6.07) is 25.7.